The van der Waals surface area contributed by atoms with E-state index in [1.165, 1.54) is 0 Å². The van der Waals surface area contributed by atoms with Gasteiger partial charge in [0.2, 0.25) is 0 Å². The van der Waals surface area contributed by atoms with Crippen molar-refractivity contribution in [3.63, 3.8) is 0 Å². The molecule has 1 aliphatic heterocycles. The zero-order valence-corrected chi connectivity index (χ0v) is 15.8. The fourth-order valence-corrected chi connectivity index (χ4v) is 3.43. The number of hydrogen-bond acceptors (Lipinski definition) is 4. The molecule has 1 fully saturated rings. The highest BCUT2D eigenvalue weighted by Crippen LogP contribution is 2.37. The molecule has 0 bridgehead atoms. The minimum atomic E-state index is -1.42. The predicted molar refractivity (Wildman–Crippen MR) is 101 cm³/mol. The molecule has 27 heavy (non-hydrogen) atoms. The molecule has 0 aromatic heterocycles. The van der Waals surface area contributed by atoms with Crippen molar-refractivity contribution in [2.75, 3.05) is 13.2 Å². The van der Waals surface area contributed by atoms with E-state index < -0.39 is 18.4 Å². The summed E-state index contributed by atoms with van der Waals surface area (Å²) in [5.74, 6) is 0.697. The van der Waals surface area contributed by atoms with Crippen LogP contribution in [0, 0.1) is 0 Å². The monoisotopic (exact) mass is 392 g/mol. The summed E-state index contributed by atoms with van der Waals surface area (Å²) in [6.45, 7) is 2.21. The van der Waals surface area contributed by atoms with E-state index >= 15 is 4.39 Å². The van der Waals surface area contributed by atoms with Crippen LogP contribution in [0.1, 0.15) is 48.7 Å². The van der Waals surface area contributed by atoms with Crippen LogP contribution >= 0.6 is 11.6 Å². The van der Waals surface area contributed by atoms with Crippen LogP contribution in [0.5, 0.6) is 5.75 Å². The molecule has 144 valence electrons. The lowest BCUT2D eigenvalue weighted by Crippen LogP contribution is -2.30. The number of ketones is 1. The standard InChI is InChI=1S/C21H22ClFO4/c1-2-26-16-6-3-13(4-7-16)21(23)18-9-14(5-8-19(18)22)20-11-15(25)10-17(12-24)27-20/h3-9,17,20-21,24H,2,10-12H2,1H3. The summed E-state index contributed by atoms with van der Waals surface area (Å²) in [4.78, 5) is 11.9. The van der Waals surface area contributed by atoms with Gasteiger partial charge in [-0.05, 0) is 42.3 Å². The Bertz CT molecular complexity index is 793. The number of aliphatic hydroxyl groups excluding tert-OH is 1. The van der Waals surface area contributed by atoms with Crippen molar-refractivity contribution in [3.05, 3.63) is 64.2 Å². The van der Waals surface area contributed by atoms with E-state index in [4.69, 9.17) is 21.1 Å². The van der Waals surface area contributed by atoms with Crippen LogP contribution in [0.25, 0.3) is 0 Å². The van der Waals surface area contributed by atoms with Crippen LogP contribution in [0.3, 0.4) is 0 Å². The number of rotatable bonds is 6. The van der Waals surface area contributed by atoms with Gasteiger partial charge in [0.05, 0.1) is 25.4 Å². The molecule has 0 radical (unpaired) electrons. The molecule has 1 heterocycles. The molecule has 0 aliphatic carbocycles. The maximum Gasteiger partial charge on any atom is 0.152 e. The Morgan fingerprint density at radius 1 is 1.26 bits per heavy atom. The van der Waals surface area contributed by atoms with Gasteiger partial charge in [0.1, 0.15) is 11.5 Å². The third-order valence-electron chi connectivity index (χ3n) is 4.58. The van der Waals surface area contributed by atoms with Crippen LogP contribution in [0.15, 0.2) is 42.5 Å². The summed E-state index contributed by atoms with van der Waals surface area (Å²) < 4.78 is 26.3. The van der Waals surface area contributed by atoms with Gasteiger partial charge in [-0.3, -0.25) is 4.79 Å². The number of carbonyl (C=O) groups excluding carboxylic acids is 1. The number of carbonyl (C=O) groups is 1. The Kier molecular flexibility index (Phi) is 6.47. The minimum Gasteiger partial charge on any atom is -0.494 e. The zero-order valence-electron chi connectivity index (χ0n) is 15.0. The summed E-state index contributed by atoms with van der Waals surface area (Å²) in [5.41, 5.74) is 1.46. The Balaban J connectivity index is 1.85. The first-order valence-electron chi connectivity index (χ1n) is 8.96. The maximum atomic E-state index is 15.1. The second-order valence-electron chi connectivity index (χ2n) is 6.52. The fourth-order valence-electron chi connectivity index (χ4n) is 3.21. The number of hydrogen-bond donors (Lipinski definition) is 1. The molecule has 4 nitrogen and oxygen atoms in total. The molecule has 0 spiro atoms. The molecule has 1 aliphatic rings. The summed E-state index contributed by atoms with van der Waals surface area (Å²) in [7, 11) is 0. The molecule has 1 N–H and O–H groups in total. The number of Topliss-reactive ketones (excluding diaryl/α,β-unsaturated/α-hetero) is 1. The van der Waals surface area contributed by atoms with Crippen LogP contribution in [-0.4, -0.2) is 30.2 Å². The topological polar surface area (TPSA) is 55.8 Å². The second-order valence-corrected chi connectivity index (χ2v) is 6.93. The summed E-state index contributed by atoms with van der Waals surface area (Å²) in [6.07, 6.45) is -2.04. The van der Waals surface area contributed by atoms with Gasteiger partial charge >= 0.3 is 0 Å². The van der Waals surface area contributed by atoms with E-state index in [9.17, 15) is 9.90 Å². The summed E-state index contributed by atoms with van der Waals surface area (Å²) in [6, 6.07) is 11.8. The van der Waals surface area contributed by atoms with Gasteiger partial charge in [-0.15, -0.1) is 0 Å². The first-order valence-corrected chi connectivity index (χ1v) is 9.33. The Morgan fingerprint density at radius 3 is 2.67 bits per heavy atom. The maximum absolute atomic E-state index is 15.1. The molecule has 0 saturated carbocycles. The molecule has 2 aromatic carbocycles. The molecule has 3 rings (SSSR count). The van der Waals surface area contributed by atoms with Crippen molar-refractivity contribution in [2.24, 2.45) is 0 Å². The average Bonchev–Trinajstić information content (AvgIpc) is 2.68. The number of ether oxygens (including phenoxy) is 2. The molecule has 3 atom stereocenters. The van der Waals surface area contributed by atoms with Gasteiger partial charge < -0.3 is 14.6 Å². The molecule has 1 saturated heterocycles. The van der Waals surface area contributed by atoms with Crippen LogP contribution < -0.4 is 4.74 Å². The number of alkyl halides is 1. The van der Waals surface area contributed by atoms with E-state index in [0.29, 0.717) is 34.1 Å². The molecule has 2 aromatic rings. The predicted octanol–water partition coefficient (Wildman–Crippen LogP) is 4.58. The van der Waals surface area contributed by atoms with Gasteiger partial charge in [0.15, 0.2) is 6.17 Å². The highest BCUT2D eigenvalue weighted by molar-refractivity contribution is 6.31. The average molecular weight is 393 g/mol. The molecular formula is C21H22ClFO4. The lowest BCUT2D eigenvalue weighted by Gasteiger charge is -2.29. The van der Waals surface area contributed by atoms with Gasteiger partial charge in [0, 0.05) is 23.4 Å². The highest BCUT2D eigenvalue weighted by Gasteiger charge is 2.29. The Hall–Kier alpha value is -1.95. The largest absolute Gasteiger partial charge is 0.494 e. The minimum absolute atomic E-state index is 0.0186. The van der Waals surface area contributed by atoms with Crippen molar-refractivity contribution in [3.8, 4) is 5.75 Å². The van der Waals surface area contributed by atoms with Gasteiger partial charge in [-0.25, -0.2) is 4.39 Å². The van der Waals surface area contributed by atoms with Crippen molar-refractivity contribution in [1.82, 2.24) is 0 Å². The van der Waals surface area contributed by atoms with Crippen LogP contribution in [0.4, 0.5) is 4.39 Å². The van der Waals surface area contributed by atoms with Crippen LogP contribution in [0.2, 0.25) is 5.02 Å². The smallest absolute Gasteiger partial charge is 0.152 e. The SMILES string of the molecule is CCOc1ccc(C(F)c2cc(C3CC(=O)CC(CO)O3)ccc2Cl)cc1. The first-order chi connectivity index (χ1) is 13.0. The molecule has 0 amide bonds. The lowest BCUT2D eigenvalue weighted by molar-refractivity contribution is -0.139. The van der Waals surface area contributed by atoms with E-state index in [-0.39, 0.29) is 25.2 Å². The fraction of sp³-hybridized carbons (Fsp3) is 0.381. The highest BCUT2D eigenvalue weighted by atomic mass is 35.5. The molecular weight excluding hydrogens is 371 g/mol. The number of aliphatic hydroxyl groups is 1. The molecule has 3 unspecified atom stereocenters. The van der Waals surface area contributed by atoms with E-state index in [1.807, 2.05) is 6.92 Å². The number of benzene rings is 2. The summed E-state index contributed by atoms with van der Waals surface area (Å²) in [5, 5.41) is 9.61. The van der Waals surface area contributed by atoms with Crippen molar-refractivity contribution < 1.29 is 23.8 Å². The third-order valence-corrected chi connectivity index (χ3v) is 4.92. The number of halogens is 2. The Labute approximate surface area is 162 Å². The third kappa shape index (κ3) is 4.67. The quantitative estimate of drug-likeness (QED) is 0.781. The van der Waals surface area contributed by atoms with Gasteiger partial charge in [0.25, 0.3) is 0 Å². The van der Waals surface area contributed by atoms with E-state index in [2.05, 4.69) is 0 Å². The van der Waals surface area contributed by atoms with Gasteiger partial charge in [-0.1, -0.05) is 29.8 Å². The van der Waals surface area contributed by atoms with Crippen molar-refractivity contribution >= 4 is 17.4 Å². The lowest BCUT2D eigenvalue weighted by atomic mass is 9.94. The van der Waals surface area contributed by atoms with E-state index in [1.54, 1.807) is 42.5 Å². The Morgan fingerprint density at radius 2 is 2.00 bits per heavy atom. The normalized spacial score (nSPS) is 21.1. The van der Waals surface area contributed by atoms with Crippen molar-refractivity contribution in [2.45, 2.75) is 38.1 Å². The van der Waals surface area contributed by atoms with Crippen LogP contribution in [-0.2, 0) is 9.53 Å². The molecule has 6 heteroatoms. The van der Waals surface area contributed by atoms with Crippen molar-refractivity contribution in [1.29, 1.82) is 0 Å². The first kappa shape index (κ1) is 19.8. The van der Waals surface area contributed by atoms with E-state index in [0.717, 1.165) is 0 Å². The second kappa shape index (κ2) is 8.83. The zero-order chi connectivity index (χ0) is 19.4. The summed E-state index contributed by atoms with van der Waals surface area (Å²) >= 11 is 6.23. The van der Waals surface area contributed by atoms with Gasteiger partial charge in [-0.2, -0.15) is 0 Å².